The van der Waals surface area contributed by atoms with Crippen molar-refractivity contribution >= 4 is 29.1 Å². The third kappa shape index (κ3) is 6.39. The van der Waals surface area contributed by atoms with E-state index in [1.807, 2.05) is 43.3 Å². The summed E-state index contributed by atoms with van der Waals surface area (Å²) in [5.74, 6) is -0.492. The van der Waals surface area contributed by atoms with Crippen LogP contribution in [-0.4, -0.2) is 24.3 Å². The fraction of sp³-hybridized carbons (Fsp3) is 0.250. The number of aryl methyl sites for hydroxylation is 1. The van der Waals surface area contributed by atoms with E-state index < -0.39 is 0 Å². The quantitative estimate of drug-likeness (QED) is 0.715. The Morgan fingerprint density at radius 3 is 2.35 bits per heavy atom. The third-order valence-corrected chi connectivity index (χ3v) is 3.71. The van der Waals surface area contributed by atoms with Gasteiger partial charge in [-0.25, -0.2) is 0 Å². The molecular formula is C20H23N3O3. The van der Waals surface area contributed by atoms with Crippen molar-refractivity contribution in [3.05, 3.63) is 59.7 Å². The van der Waals surface area contributed by atoms with Gasteiger partial charge in [-0.15, -0.1) is 0 Å². The average molecular weight is 353 g/mol. The molecule has 0 unspecified atom stereocenters. The molecule has 3 amide bonds. The Kier molecular flexibility index (Phi) is 6.91. The lowest BCUT2D eigenvalue weighted by Crippen LogP contribution is -2.29. The molecule has 2 aromatic carbocycles. The van der Waals surface area contributed by atoms with Gasteiger partial charge in [0.15, 0.2) is 0 Å². The van der Waals surface area contributed by atoms with Crippen molar-refractivity contribution in [2.24, 2.45) is 0 Å². The van der Waals surface area contributed by atoms with Gasteiger partial charge >= 0.3 is 0 Å². The molecule has 0 fully saturated rings. The summed E-state index contributed by atoms with van der Waals surface area (Å²) in [6, 6.07) is 14.7. The number of amides is 3. The van der Waals surface area contributed by atoms with Crippen LogP contribution in [0.4, 0.5) is 11.4 Å². The van der Waals surface area contributed by atoms with Gasteiger partial charge in [-0.05, 0) is 30.2 Å². The maximum atomic E-state index is 12.1. The van der Waals surface area contributed by atoms with E-state index in [4.69, 9.17) is 0 Å². The summed E-state index contributed by atoms with van der Waals surface area (Å²) in [4.78, 5) is 35.1. The lowest BCUT2D eigenvalue weighted by Gasteiger charge is -2.11. The van der Waals surface area contributed by atoms with Gasteiger partial charge in [0.1, 0.15) is 0 Å². The van der Waals surface area contributed by atoms with Crippen LogP contribution in [-0.2, 0) is 20.8 Å². The predicted octanol–water partition coefficient (Wildman–Crippen LogP) is 2.64. The first-order valence-electron chi connectivity index (χ1n) is 8.43. The summed E-state index contributed by atoms with van der Waals surface area (Å²) >= 11 is 0. The van der Waals surface area contributed by atoms with Gasteiger partial charge in [-0.2, -0.15) is 0 Å². The fourth-order valence-corrected chi connectivity index (χ4v) is 2.41. The summed E-state index contributed by atoms with van der Waals surface area (Å²) in [5, 5.41) is 8.23. The van der Waals surface area contributed by atoms with Gasteiger partial charge in [0, 0.05) is 31.3 Å². The number of anilines is 2. The largest absolute Gasteiger partial charge is 0.355 e. The van der Waals surface area contributed by atoms with Gasteiger partial charge in [0.25, 0.3) is 0 Å². The minimum atomic E-state index is -0.201. The molecule has 0 radical (unpaired) electrons. The van der Waals surface area contributed by atoms with Crippen molar-refractivity contribution in [1.82, 2.24) is 5.32 Å². The van der Waals surface area contributed by atoms with Gasteiger partial charge in [0.2, 0.25) is 17.7 Å². The molecule has 0 saturated heterocycles. The van der Waals surface area contributed by atoms with Gasteiger partial charge < -0.3 is 16.0 Å². The Labute approximate surface area is 153 Å². The second kappa shape index (κ2) is 9.36. The van der Waals surface area contributed by atoms with Crippen LogP contribution in [0.2, 0.25) is 0 Å². The Bertz CT molecular complexity index is 788. The molecule has 136 valence electrons. The molecule has 2 aromatic rings. The molecule has 0 aliphatic carbocycles. The number of hydrogen-bond donors (Lipinski definition) is 3. The topological polar surface area (TPSA) is 87.3 Å². The minimum Gasteiger partial charge on any atom is -0.355 e. The maximum Gasteiger partial charge on any atom is 0.226 e. The molecule has 0 spiro atoms. The molecule has 3 N–H and O–H groups in total. The number of nitrogens with one attached hydrogen (secondary N) is 3. The first kappa shape index (κ1) is 19.2. The highest BCUT2D eigenvalue weighted by atomic mass is 16.2. The zero-order valence-electron chi connectivity index (χ0n) is 15.0. The first-order valence-corrected chi connectivity index (χ1v) is 8.43. The lowest BCUT2D eigenvalue weighted by atomic mass is 10.1. The Morgan fingerprint density at radius 1 is 0.923 bits per heavy atom. The fourth-order valence-electron chi connectivity index (χ4n) is 2.41. The van der Waals surface area contributed by atoms with Crippen molar-refractivity contribution in [3.8, 4) is 0 Å². The second-order valence-electron chi connectivity index (χ2n) is 6.02. The van der Waals surface area contributed by atoms with Crippen LogP contribution in [0.15, 0.2) is 48.5 Å². The van der Waals surface area contributed by atoms with Crippen LogP contribution in [0, 0.1) is 6.92 Å². The Hall–Kier alpha value is -3.15. The monoisotopic (exact) mass is 353 g/mol. The highest BCUT2D eigenvalue weighted by Crippen LogP contribution is 2.20. The summed E-state index contributed by atoms with van der Waals surface area (Å²) in [5.41, 5.74) is 3.08. The Morgan fingerprint density at radius 2 is 1.65 bits per heavy atom. The van der Waals surface area contributed by atoms with E-state index in [1.165, 1.54) is 6.92 Å². The van der Waals surface area contributed by atoms with E-state index in [-0.39, 0.29) is 30.7 Å². The van der Waals surface area contributed by atoms with Crippen LogP contribution >= 0.6 is 0 Å². The van der Waals surface area contributed by atoms with Gasteiger partial charge in [-0.3, -0.25) is 14.4 Å². The summed E-state index contributed by atoms with van der Waals surface area (Å²) in [6.45, 7) is 3.56. The highest BCUT2D eigenvalue weighted by Gasteiger charge is 2.08. The van der Waals surface area contributed by atoms with Crippen LogP contribution in [0.5, 0.6) is 0 Å². The standard InChI is InChI=1S/C20H23N3O3/c1-14-8-9-17(22-15(2)24)13-18(14)23-19(25)10-11-21-20(26)12-16-6-4-3-5-7-16/h3-9,13H,10-12H2,1-2H3,(H,21,26)(H,22,24)(H,23,25). The van der Waals surface area contributed by atoms with Crippen molar-refractivity contribution in [3.63, 3.8) is 0 Å². The lowest BCUT2D eigenvalue weighted by molar-refractivity contribution is -0.120. The Balaban J connectivity index is 1.80. The van der Waals surface area contributed by atoms with E-state index in [0.29, 0.717) is 17.8 Å². The average Bonchev–Trinajstić information content (AvgIpc) is 2.58. The van der Waals surface area contributed by atoms with Crippen molar-refractivity contribution in [2.45, 2.75) is 26.7 Å². The van der Waals surface area contributed by atoms with Crippen molar-refractivity contribution in [1.29, 1.82) is 0 Å². The molecule has 0 heterocycles. The number of benzene rings is 2. The van der Waals surface area contributed by atoms with E-state index in [0.717, 1.165) is 11.1 Å². The number of rotatable bonds is 7. The SMILES string of the molecule is CC(=O)Nc1ccc(C)c(NC(=O)CCNC(=O)Cc2ccccc2)c1. The normalized spacial score (nSPS) is 10.1. The minimum absolute atomic E-state index is 0.118. The zero-order chi connectivity index (χ0) is 18.9. The van der Waals surface area contributed by atoms with Crippen LogP contribution in [0.25, 0.3) is 0 Å². The van der Waals surface area contributed by atoms with Crippen molar-refractivity contribution in [2.75, 3.05) is 17.2 Å². The van der Waals surface area contributed by atoms with Gasteiger partial charge in [0.05, 0.1) is 6.42 Å². The molecule has 0 aliphatic heterocycles. The molecule has 6 heteroatoms. The number of carbonyl (C=O) groups excluding carboxylic acids is 3. The first-order chi connectivity index (χ1) is 12.4. The molecule has 0 bridgehead atoms. The molecular weight excluding hydrogens is 330 g/mol. The summed E-state index contributed by atoms with van der Waals surface area (Å²) in [7, 11) is 0. The number of carbonyl (C=O) groups is 3. The molecule has 0 aliphatic rings. The number of hydrogen-bond acceptors (Lipinski definition) is 3. The van der Waals surface area contributed by atoms with Gasteiger partial charge in [-0.1, -0.05) is 36.4 Å². The van der Waals surface area contributed by atoms with Crippen molar-refractivity contribution < 1.29 is 14.4 Å². The highest BCUT2D eigenvalue weighted by molar-refractivity contribution is 5.94. The van der Waals surface area contributed by atoms with E-state index in [9.17, 15) is 14.4 Å². The van der Waals surface area contributed by atoms with Crippen LogP contribution in [0.3, 0.4) is 0 Å². The molecule has 0 aromatic heterocycles. The van der Waals surface area contributed by atoms with E-state index >= 15 is 0 Å². The zero-order valence-corrected chi connectivity index (χ0v) is 15.0. The second-order valence-corrected chi connectivity index (χ2v) is 6.02. The predicted molar refractivity (Wildman–Crippen MR) is 102 cm³/mol. The van der Waals surface area contributed by atoms with Crippen LogP contribution < -0.4 is 16.0 Å². The summed E-state index contributed by atoms with van der Waals surface area (Å²) < 4.78 is 0. The smallest absolute Gasteiger partial charge is 0.226 e. The molecule has 6 nitrogen and oxygen atoms in total. The summed E-state index contributed by atoms with van der Waals surface area (Å²) in [6.07, 6.45) is 0.463. The van der Waals surface area contributed by atoms with E-state index in [2.05, 4.69) is 16.0 Å². The molecule has 26 heavy (non-hydrogen) atoms. The molecule has 0 saturated carbocycles. The maximum absolute atomic E-state index is 12.1. The van der Waals surface area contributed by atoms with Crippen LogP contribution in [0.1, 0.15) is 24.5 Å². The third-order valence-electron chi connectivity index (χ3n) is 3.71. The molecule has 2 rings (SSSR count). The molecule has 0 atom stereocenters. The van der Waals surface area contributed by atoms with E-state index in [1.54, 1.807) is 12.1 Å².